The molecule has 1 spiro atoms. The minimum Gasteiger partial charge on any atom is -0.344 e. The van der Waals surface area contributed by atoms with Gasteiger partial charge in [0, 0.05) is 37.6 Å². The zero-order chi connectivity index (χ0) is 19.8. The van der Waals surface area contributed by atoms with E-state index in [2.05, 4.69) is 35.5 Å². The number of nitrogens with zero attached hydrogens (tertiary/aromatic N) is 3. The number of carbonyl (C=O) groups is 2. The Kier molecular flexibility index (Phi) is 5.59. The fraction of sp³-hybridized carbons (Fsp3) is 0.789. The molecule has 3 aliphatic rings. The molecule has 3 rings (SSSR count). The summed E-state index contributed by atoms with van der Waals surface area (Å²) in [6, 6.07) is -0.712. The van der Waals surface area contributed by atoms with Crippen molar-refractivity contribution in [2.45, 2.75) is 44.7 Å². The molecule has 3 saturated heterocycles. The van der Waals surface area contributed by atoms with Crippen molar-refractivity contribution >= 4 is 11.8 Å². The van der Waals surface area contributed by atoms with Gasteiger partial charge in [-0.25, -0.2) is 8.78 Å². The van der Waals surface area contributed by atoms with Crippen LogP contribution in [0.25, 0.3) is 0 Å². The average molecular weight is 384 g/mol. The molecule has 1 N–H and O–H groups in total. The van der Waals surface area contributed by atoms with E-state index in [9.17, 15) is 18.4 Å². The molecule has 0 aromatic rings. The third-order valence-electron chi connectivity index (χ3n) is 6.14. The standard InChI is InChI=1S/C19H30F2N4O2/c1-4-16(26)22-15-5-7-24(13-19(15,20)21)17(27)9-23-8-6-18(10-23)11-25(12-18)14(2)3/h4,14-15H,1,5-13H2,2-3H3,(H,22,26). The SMILES string of the molecule is C=CC(=O)NC1CCN(C(=O)CN2CCC3(C2)CN(C(C)C)C3)CC1(F)F. The first-order chi connectivity index (χ1) is 12.6. The molecule has 152 valence electrons. The van der Waals surface area contributed by atoms with Gasteiger partial charge in [0.15, 0.2) is 0 Å². The molecule has 0 aromatic carbocycles. The van der Waals surface area contributed by atoms with E-state index in [0.717, 1.165) is 38.7 Å². The summed E-state index contributed by atoms with van der Waals surface area (Å²) in [4.78, 5) is 29.6. The molecular formula is C19H30F2N4O2. The summed E-state index contributed by atoms with van der Waals surface area (Å²) in [7, 11) is 0. The third-order valence-corrected chi connectivity index (χ3v) is 6.14. The molecule has 27 heavy (non-hydrogen) atoms. The highest BCUT2D eigenvalue weighted by Gasteiger charge is 2.49. The minimum absolute atomic E-state index is 0.0472. The van der Waals surface area contributed by atoms with E-state index < -0.39 is 24.4 Å². The van der Waals surface area contributed by atoms with Crippen LogP contribution in [0.2, 0.25) is 0 Å². The molecule has 0 aromatic heterocycles. The molecule has 6 nitrogen and oxygen atoms in total. The van der Waals surface area contributed by atoms with Crippen molar-refractivity contribution in [3.63, 3.8) is 0 Å². The molecule has 0 aliphatic carbocycles. The quantitative estimate of drug-likeness (QED) is 0.717. The Labute approximate surface area is 159 Å². The van der Waals surface area contributed by atoms with E-state index in [0.29, 0.717) is 6.04 Å². The van der Waals surface area contributed by atoms with E-state index in [1.807, 2.05) is 0 Å². The maximum atomic E-state index is 14.3. The molecule has 0 radical (unpaired) electrons. The molecule has 3 aliphatic heterocycles. The Hall–Kier alpha value is -1.54. The molecule has 8 heteroatoms. The number of amides is 2. The van der Waals surface area contributed by atoms with Gasteiger partial charge in [0.05, 0.1) is 19.1 Å². The van der Waals surface area contributed by atoms with Gasteiger partial charge in [-0.15, -0.1) is 0 Å². The molecular weight excluding hydrogens is 354 g/mol. The second-order valence-corrected chi connectivity index (χ2v) is 8.59. The summed E-state index contributed by atoms with van der Waals surface area (Å²) >= 11 is 0. The van der Waals surface area contributed by atoms with Gasteiger partial charge in [0.2, 0.25) is 11.8 Å². The van der Waals surface area contributed by atoms with Crippen molar-refractivity contribution in [3.05, 3.63) is 12.7 Å². The monoisotopic (exact) mass is 384 g/mol. The summed E-state index contributed by atoms with van der Waals surface area (Å²) in [5, 5.41) is 2.27. The van der Waals surface area contributed by atoms with Crippen LogP contribution >= 0.6 is 0 Å². The van der Waals surface area contributed by atoms with Gasteiger partial charge in [0.1, 0.15) is 0 Å². The summed E-state index contributed by atoms with van der Waals surface area (Å²) in [5.41, 5.74) is 0.274. The number of hydrogen-bond acceptors (Lipinski definition) is 4. The van der Waals surface area contributed by atoms with Crippen LogP contribution in [0, 0.1) is 5.41 Å². The summed E-state index contributed by atoms with van der Waals surface area (Å²) in [6.07, 6.45) is 2.10. The topological polar surface area (TPSA) is 55.9 Å². The Morgan fingerprint density at radius 3 is 2.52 bits per heavy atom. The number of carbonyl (C=O) groups excluding carboxylic acids is 2. The molecule has 3 fully saturated rings. The lowest BCUT2D eigenvalue weighted by molar-refractivity contribution is -0.147. The molecule has 0 bridgehead atoms. The smallest absolute Gasteiger partial charge is 0.285 e. The lowest BCUT2D eigenvalue weighted by Crippen LogP contribution is -2.61. The molecule has 1 atom stereocenters. The zero-order valence-corrected chi connectivity index (χ0v) is 16.2. The van der Waals surface area contributed by atoms with Crippen LogP contribution in [0.15, 0.2) is 12.7 Å². The fourth-order valence-electron chi connectivity index (χ4n) is 4.45. The Bertz CT molecular complexity index is 605. The second kappa shape index (κ2) is 7.47. The molecule has 2 amide bonds. The van der Waals surface area contributed by atoms with Crippen molar-refractivity contribution in [1.82, 2.24) is 20.0 Å². The Balaban J connectivity index is 1.48. The minimum atomic E-state index is -3.13. The normalized spacial score (nSPS) is 27.6. The van der Waals surface area contributed by atoms with Crippen LogP contribution < -0.4 is 5.32 Å². The average Bonchev–Trinajstić information content (AvgIpc) is 2.98. The number of alkyl halides is 2. The molecule has 0 saturated carbocycles. The van der Waals surface area contributed by atoms with Crippen molar-refractivity contribution in [3.8, 4) is 0 Å². The van der Waals surface area contributed by atoms with E-state index in [1.165, 1.54) is 4.90 Å². The van der Waals surface area contributed by atoms with Gasteiger partial charge in [0.25, 0.3) is 5.92 Å². The Morgan fingerprint density at radius 1 is 1.22 bits per heavy atom. The van der Waals surface area contributed by atoms with E-state index in [-0.39, 0.29) is 30.8 Å². The van der Waals surface area contributed by atoms with Crippen LogP contribution in [0.4, 0.5) is 8.78 Å². The third kappa shape index (κ3) is 4.32. The number of piperidine rings is 1. The van der Waals surface area contributed by atoms with Crippen LogP contribution in [-0.4, -0.2) is 90.3 Å². The Morgan fingerprint density at radius 2 is 1.93 bits per heavy atom. The van der Waals surface area contributed by atoms with Crippen molar-refractivity contribution in [1.29, 1.82) is 0 Å². The summed E-state index contributed by atoms with van der Waals surface area (Å²) in [5.74, 6) is -4.00. The largest absolute Gasteiger partial charge is 0.344 e. The van der Waals surface area contributed by atoms with E-state index in [1.54, 1.807) is 0 Å². The van der Waals surface area contributed by atoms with E-state index >= 15 is 0 Å². The summed E-state index contributed by atoms with van der Waals surface area (Å²) < 4.78 is 28.7. The second-order valence-electron chi connectivity index (χ2n) is 8.59. The number of rotatable bonds is 5. The van der Waals surface area contributed by atoms with Crippen molar-refractivity contribution < 1.29 is 18.4 Å². The van der Waals surface area contributed by atoms with Gasteiger partial charge in [-0.05, 0) is 39.3 Å². The first kappa shape index (κ1) is 20.2. The van der Waals surface area contributed by atoms with Crippen LogP contribution in [-0.2, 0) is 9.59 Å². The van der Waals surface area contributed by atoms with Gasteiger partial charge < -0.3 is 10.2 Å². The van der Waals surface area contributed by atoms with Gasteiger partial charge >= 0.3 is 0 Å². The molecule has 1 unspecified atom stereocenters. The van der Waals surface area contributed by atoms with Gasteiger partial charge in [-0.3, -0.25) is 19.4 Å². The lowest BCUT2D eigenvalue weighted by Gasteiger charge is -2.50. The van der Waals surface area contributed by atoms with E-state index in [4.69, 9.17) is 0 Å². The highest BCUT2D eigenvalue weighted by atomic mass is 19.3. The van der Waals surface area contributed by atoms with Crippen LogP contribution in [0.1, 0.15) is 26.7 Å². The van der Waals surface area contributed by atoms with Crippen LogP contribution in [0.3, 0.4) is 0 Å². The van der Waals surface area contributed by atoms with Crippen molar-refractivity contribution in [2.24, 2.45) is 5.41 Å². The van der Waals surface area contributed by atoms with Crippen molar-refractivity contribution in [2.75, 3.05) is 45.8 Å². The maximum absolute atomic E-state index is 14.3. The molecule has 3 heterocycles. The number of nitrogens with one attached hydrogen (secondary N) is 1. The van der Waals surface area contributed by atoms with Crippen LogP contribution in [0.5, 0.6) is 0 Å². The first-order valence-corrected chi connectivity index (χ1v) is 9.69. The summed E-state index contributed by atoms with van der Waals surface area (Å²) in [6.45, 7) is 11.3. The highest BCUT2D eigenvalue weighted by molar-refractivity contribution is 5.87. The number of halogens is 2. The predicted molar refractivity (Wildman–Crippen MR) is 98.5 cm³/mol. The number of hydrogen-bond donors (Lipinski definition) is 1. The van der Waals surface area contributed by atoms with Gasteiger partial charge in [-0.2, -0.15) is 0 Å². The van der Waals surface area contributed by atoms with Gasteiger partial charge in [-0.1, -0.05) is 6.58 Å². The lowest BCUT2D eigenvalue weighted by atomic mass is 9.78. The fourth-order valence-corrected chi connectivity index (χ4v) is 4.45. The maximum Gasteiger partial charge on any atom is 0.285 e. The zero-order valence-electron chi connectivity index (χ0n) is 16.2. The predicted octanol–water partition coefficient (Wildman–Crippen LogP) is 0.941. The highest BCUT2D eigenvalue weighted by Crippen LogP contribution is 2.40. The first-order valence-electron chi connectivity index (χ1n) is 9.69. The number of likely N-dealkylation sites (tertiary alicyclic amines) is 3.